The quantitative estimate of drug-likeness (QED) is 0.780. The lowest BCUT2D eigenvalue weighted by Crippen LogP contribution is -2.41. The van der Waals surface area contributed by atoms with Gasteiger partial charge in [-0.25, -0.2) is 0 Å². The zero-order chi connectivity index (χ0) is 9.26. The molecule has 0 bridgehead atoms. The van der Waals surface area contributed by atoms with Crippen molar-refractivity contribution in [2.24, 2.45) is 5.73 Å². The maximum atomic E-state index is 5.62. The summed E-state index contributed by atoms with van der Waals surface area (Å²) in [5.41, 5.74) is 8.43. The molecule has 2 nitrogen and oxygen atoms in total. The van der Waals surface area contributed by atoms with Crippen LogP contribution in [0.4, 0.5) is 0 Å². The van der Waals surface area contributed by atoms with Gasteiger partial charge in [0.1, 0.15) is 0 Å². The molecule has 1 heterocycles. The number of nitrogens with two attached hydrogens (primary N) is 1. The Hall–Kier alpha value is -0.380. The smallest absolute Gasteiger partial charge is 0.0233 e. The van der Waals surface area contributed by atoms with Crippen molar-refractivity contribution < 1.29 is 0 Å². The van der Waals surface area contributed by atoms with E-state index in [1.807, 2.05) is 0 Å². The highest BCUT2D eigenvalue weighted by molar-refractivity contribution is 9.10. The minimum Gasteiger partial charge on any atom is -0.329 e. The Morgan fingerprint density at radius 1 is 1.54 bits per heavy atom. The average Bonchev–Trinajstić information content (AvgIpc) is 2.18. The fraction of sp³-hybridized carbons (Fsp3) is 0.400. The van der Waals surface area contributed by atoms with Gasteiger partial charge in [0, 0.05) is 23.6 Å². The normalized spacial score (nSPS) is 21.2. The maximum Gasteiger partial charge on any atom is 0.0233 e. The van der Waals surface area contributed by atoms with Gasteiger partial charge in [0.2, 0.25) is 0 Å². The molecular formula is C10H13BrN2. The van der Waals surface area contributed by atoms with Crippen LogP contribution in [0.25, 0.3) is 0 Å². The Morgan fingerprint density at radius 3 is 3.15 bits per heavy atom. The predicted octanol–water partition coefficient (Wildman–Crippen LogP) is 1.42. The molecule has 0 radical (unpaired) electrons. The highest BCUT2D eigenvalue weighted by atomic mass is 79.9. The molecule has 0 aliphatic carbocycles. The third kappa shape index (κ3) is 1.77. The maximum absolute atomic E-state index is 5.62. The van der Waals surface area contributed by atoms with E-state index in [1.54, 1.807) is 0 Å². The number of hydrogen-bond acceptors (Lipinski definition) is 2. The number of benzene rings is 1. The van der Waals surface area contributed by atoms with E-state index in [0.717, 1.165) is 13.0 Å². The average molecular weight is 241 g/mol. The number of hydrogen-bond donors (Lipinski definition) is 2. The summed E-state index contributed by atoms with van der Waals surface area (Å²) in [4.78, 5) is 0. The van der Waals surface area contributed by atoms with E-state index in [1.165, 1.54) is 15.6 Å². The van der Waals surface area contributed by atoms with Gasteiger partial charge in [-0.2, -0.15) is 0 Å². The minimum atomic E-state index is 0.446. The first-order valence-electron chi connectivity index (χ1n) is 4.51. The zero-order valence-corrected chi connectivity index (χ0v) is 8.97. The van der Waals surface area contributed by atoms with Gasteiger partial charge in [0.05, 0.1) is 0 Å². The van der Waals surface area contributed by atoms with Gasteiger partial charge < -0.3 is 11.1 Å². The van der Waals surface area contributed by atoms with Crippen molar-refractivity contribution in [2.45, 2.75) is 19.0 Å². The van der Waals surface area contributed by atoms with E-state index < -0.39 is 0 Å². The molecule has 0 spiro atoms. The molecule has 0 aromatic heterocycles. The second-order valence-electron chi connectivity index (χ2n) is 3.40. The Bertz CT molecular complexity index is 312. The first-order valence-corrected chi connectivity index (χ1v) is 5.30. The van der Waals surface area contributed by atoms with E-state index in [2.05, 4.69) is 39.4 Å². The van der Waals surface area contributed by atoms with Crippen LogP contribution in [-0.4, -0.2) is 12.6 Å². The van der Waals surface area contributed by atoms with Crippen LogP contribution in [0, 0.1) is 0 Å². The lowest BCUT2D eigenvalue weighted by Gasteiger charge is -2.25. The van der Waals surface area contributed by atoms with E-state index in [0.29, 0.717) is 12.6 Å². The highest BCUT2D eigenvalue weighted by Gasteiger charge is 2.17. The third-order valence-corrected chi connectivity index (χ3v) is 3.28. The summed E-state index contributed by atoms with van der Waals surface area (Å²) in [5.74, 6) is 0. The van der Waals surface area contributed by atoms with Gasteiger partial charge in [-0.1, -0.05) is 28.1 Å². The molecule has 70 valence electrons. The fourth-order valence-corrected chi connectivity index (χ4v) is 2.29. The van der Waals surface area contributed by atoms with Crippen molar-refractivity contribution in [1.82, 2.24) is 5.32 Å². The number of nitrogens with one attached hydrogen (secondary N) is 1. The van der Waals surface area contributed by atoms with Crippen LogP contribution >= 0.6 is 15.9 Å². The van der Waals surface area contributed by atoms with Gasteiger partial charge in [0.25, 0.3) is 0 Å². The van der Waals surface area contributed by atoms with Gasteiger partial charge in [-0.05, 0) is 23.6 Å². The topological polar surface area (TPSA) is 38.0 Å². The van der Waals surface area contributed by atoms with E-state index in [4.69, 9.17) is 5.73 Å². The Kier molecular flexibility index (Phi) is 2.67. The van der Waals surface area contributed by atoms with Crippen LogP contribution in [0.2, 0.25) is 0 Å². The summed E-state index contributed by atoms with van der Waals surface area (Å²) >= 11 is 3.55. The van der Waals surface area contributed by atoms with E-state index in [-0.39, 0.29) is 0 Å². The van der Waals surface area contributed by atoms with Gasteiger partial charge in [-0.15, -0.1) is 0 Å². The molecule has 0 saturated carbocycles. The summed E-state index contributed by atoms with van der Waals surface area (Å²) in [6.07, 6.45) is 1.05. The van der Waals surface area contributed by atoms with Crippen molar-refractivity contribution >= 4 is 15.9 Å². The summed E-state index contributed by atoms with van der Waals surface area (Å²) in [5, 5.41) is 3.41. The molecule has 0 fully saturated rings. The Morgan fingerprint density at radius 2 is 2.38 bits per heavy atom. The SMILES string of the molecule is NCC1Cc2cccc(Br)c2CN1. The molecule has 1 aliphatic heterocycles. The summed E-state index contributed by atoms with van der Waals surface area (Å²) in [6, 6.07) is 6.80. The molecule has 13 heavy (non-hydrogen) atoms. The molecular weight excluding hydrogens is 228 g/mol. The number of rotatable bonds is 1. The summed E-state index contributed by atoms with van der Waals surface area (Å²) in [7, 11) is 0. The second kappa shape index (κ2) is 3.78. The molecule has 1 aliphatic rings. The van der Waals surface area contributed by atoms with Crippen molar-refractivity contribution in [3.05, 3.63) is 33.8 Å². The van der Waals surface area contributed by atoms with E-state index in [9.17, 15) is 0 Å². The molecule has 1 aromatic rings. The van der Waals surface area contributed by atoms with E-state index >= 15 is 0 Å². The molecule has 1 aromatic carbocycles. The van der Waals surface area contributed by atoms with Gasteiger partial charge in [0.15, 0.2) is 0 Å². The number of halogens is 1. The molecule has 0 amide bonds. The van der Waals surface area contributed by atoms with Crippen molar-refractivity contribution in [3.8, 4) is 0 Å². The van der Waals surface area contributed by atoms with Crippen molar-refractivity contribution in [1.29, 1.82) is 0 Å². The molecule has 3 heteroatoms. The van der Waals surface area contributed by atoms with Crippen LogP contribution < -0.4 is 11.1 Å². The van der Waals surface area contributed by atoms with Crippen LogP contribution in [-0.2, 0) is 13.0 Å². The molecule has 2 rings (SSSR count). The number of fused-ring (bicyclic) bond motifs is 1. The van der Waals surface area contributed by atoms with Gasteiger partial charge >= 0.3 is 0 Å². The monoisotopic (exact) mass is 240 g/mol. The highest BCUT2D eigenvalue weighted by Crippen LogP contribution is 2.24. The largest absolute Gasteiger partial charge is 0.329 e. The van der Waals surface area contributed by atoms with Crippen LogP contribution in [0.1, 0.15) is 11.1 Å². The second-order valence-corrected chi connectivity index (χ2v) is 4.25. The first-order chi connectivity index (χ1) is 6.31. The lowest BCUT2D eigenvalue weighted by molar-refractivity contribution is 0.486. The first kappa shape index (κ1) is 9.19. The summed E-state index contributed by atoms with van der Waals surface area (Å²) < 4.78 is 1.20. The van der Waals surface area contributed by atoms with Crippen LogP contribution in [0.15, 0.2) is 22.7 Å². The summed E-state index contributed by atoms with van der Waals surface area (Å²) in [6.45, 7) is 1.64. The predicted molar refractivity (Wildman–Crippen MR) is 57.5 cm³/mol. The Labute approximate surface area is 86.6 Å². The van der Waals surface area contributed by atoms with Crippen molar-refractivity contribution in [2.75, 3.05) is 6.54 Å². The Balaban J connectivity index is 2.31. The minimum absolute atomic E-state index is 0.446. The fourth-order valence-electron chi connectivity index (χ4n) is 1.74. The molecule has 1 atom stereocenters. The molecule has 1 unspecified atom stereocenters. The third-order valence-electron chi connectivity index (χ3n) is 2.53. The molecule has 0 saturated heterocycles. The van der Waals surface area contributed by atoms with Gasteiger partial charge in [-0.3, -0.25) is 0 Å². The van der Waals surface area contributed by atoms with Crippen LogP contribution in [0.5, 0.6) is 0 Å². The standard InChI is InChI=1S/C10H13BrN2/c11-10-3-1-2-7-4-8(5-12)13-6-9(7)10/h1-3,8,13H,4-6,12H2. The lowest BCUT2D eigenvalue weighted by atomic mass is 9.96. The molecule has 3 N–H and O–H groups in total. The zero-order valence-electron chi connectivity index (χ0n) is 7.39. The van der Waals surface area contributed by atoms with Crippen LogP contribution in [0.3, 0.4) is 0 Å². The van der Waals surface area contributed by atoms with Crippen molar-refractivity contribution in [3.63, 3.8) is 0 Å².